The minimum Gasteiger partial charge on any atom is -0.335 e. The van der Waals surface area contributed by atoms with E-state index in [9.17, 15) is 13.2 Å². The van der Waals surface area contributed by atoms with Gasteiger partial charge >= 0.3 is 6.18 Å². The molecule has 0 amide bonds. The van der Waals surface area contributed by atoms with Gasteiger partial charge in [-0.1, -0.05) is 12.1 Å². The third-order valence-electron chi connectivity index (χ3n) is 3.18. The summed E-state index contributed by atoms with van der Waals surface area (Å²) in [5.41, 5.74) is 1.00. The maximum absolute atomic E-state index is 12.6. The van der Waals surface area contributed by atoms with E-state index in [1.54, 1.807) is 16.8 Å². The van der Waals surface area contributed by atoms with Crippen LogP contribution in [-0.2, 0) is 13.2 Å². The molecule has 7 heteroatoms. The molecule has 0 saturated heterocycles. The van der Waals surface area contributed by atoms with Crippen LogP contribution in [-0.4, -0.2) is 14.5 Å². The van der Waals surface area contributed by atoms with Crippen molar-refractivity contribution >= 4 is 22.6 Å². The second-order valence-corrected chi connectivity index (χ2v) is 4.92. The van der Waals surface area contributed by atoms with Gasteiger partial charge in [-0.05, 0) is 29.8 Å². The molecule has 3 aromatic rings. The second kappa shape index (κ2) is 4.73. The molecular weight excluding hydrogens is 303 g/mol. The zero-order chi connectivity index (χ0) is 15.2. The SMILES string of the molecule is Cn1ccc2c(-c3ccc(C(F)(F)F)cc3)nc(Cl)nc21. The number of fused-ring (bicyclic) bond motifs is 1. The van der Waals surface area contributed by atoms with Gasteiger partial charge in [0, 0.05) is 24.2 Å². The van der Waals surface area contributed by atoms with Crippen molar-refractivity contribution in [1.29, 1.82) is 0 Å². The minimum atomic E-state index is -4.36. The molecule has 0 aliphatic rings. The Morgan fingerprint density at radius 3 is 2.33 bits per heavy atom. The fourth-order valence-corrected chi connectivity index (χ4v) is 2.31. The number of hydrogen-bond acceptors (Lipinski definition) is 2. The highest BCUT2D eigenvalue weighted by Gasteiger charge is 2.30. The Bertz CT molecular complexity index is 807. The fraction of sp³-hybridized carbons (Fsp3) is 0.143. The van der Waals surface area contributed by atoms with E-state index in [1.165, 1.54) is 12.1 Å². The largest absolute Gasteiger partial charge is 0.416 e. The first-order chi connectivity index (χ1) is 9.86. The van der Waals surface area contributed by atoms with Crippen molar-refractivity contribution in [3.8, 4) is 11.3 Å². The highest BCUT2D eigenvalue weighted by molar-refractivity contribution is 6.28. The molecule has 3 rings (SSSR count). The van der Waals surface area contributed by atoms with Crippen LogP contribution >= 0.6 is 11.6 Å². The summed E-state index contributed by atoms with van der Waals surface area (Å²) in [7, 11) is 1.81. The first kappa shape index (κ1) is 13.9. The Kier molecular flexibility index (Phi) is 3.13. The molecule has 2 heterocycles. The lowest BCUT2D eigenvalue weighted by Crippen LogP contribution is -2.04. The number of benzene rings is 1. The monoisotopic (exact) mass is 311 g/mol. The van der Waals surface area contributed by atoms with Gasteiger partial charge in [0.2, 0.25) is 5.28 Å². The van der Waals surface area contributed by atoms with E-state index in [-0.39, 0.29) is 5.28 Å². The zero-order valence-electron chi connectivity index (χ0n) is 10.8. The maximum atomic E-state index is 12.6. The predicted molar refractivity (Wildman–Crippen MR) is 74.0 cm³/mol. The van der Waals surface area contributed by atoms with Crippen LogP contribution in [0.4, 0.5) is 13.2 Å². The van der Waals surface area contributed by atoms with Crippen LogP contribution in [0.1, 0.15) is 5.56 Å². The summed E-state index contributed by atoms with van der Waals surface area (Å²) in [4.78, 5) is 8.25. The Morgan fingerprint density at radius 1 is 1.05 bits per heavy atom. The first-order valence-corrected chi connectivity index (χ1v) is 6.40. The number of nitrogens with zero attached hydrogens (tertiary/aromatic N) is 3. The first-order valence-electron chi connectivity index (χ1n) is 6.02. The Hall–Kier alpha value is -2.08. The molecule has 108 valence electrons. The zero-order valence-corrected chi connectivity index (χ0v) is 11.6. The summed E-state index contributed by atoms with van der Waals surface area (Å²) >= 11 is 5.89. The molecule has 3 nitrogen and oxygen atoms in total. The van der Waals surface area contributed by atoms with Crippen LogP contribution in [0.5, 0.6) is 0 Å². The molecule has 2 aromatic heterocycles. The van der Waals surface area contributed by atoms with Gasteiger partial charge in [-0.15, -0.1) is 0 Å². The lowest BCUT2D eigenvalue weighted by atomic mass is 10.1. The summed E-state index contributed by atoms with van der Waals surface area (Å²) in [6.07, 6.45) is -2.56. The van der Waals surface area contributed by atoms with Crippen LogP contribution < -0.4 is 0 Å². The van der Waals surface area contributed by atoms with E-state index in [0.29, 0.717) is 16.9 Å². The molecule has 0 bridgehead atoms. The van der Waals surface area contributed by atoms with Crippen LogP contribution in [0, 0.1) is 0 Å². The van der Waals surface area contributed by atoms with Gasteiger partial charge in [0.05, 0.1) is 11.3 Å². The summed E-state index contributed by atoms with van der Waals surface area (Å²) in [5, 5.41) is 0.792. The lowest BCUT2D eigenvalue weighted by Gasteiger charge is -2.08. The number of aryl methyl sites for hydroxylation is 1. The van der Waals surface area contributed by atoms with Crippen molar-refractivity contribution in [3.05, 3.63) is 47.4 Å². The molecule has 0 aliphatic heterocycles. The number of hydrogen-bond donors (Lipinski definition) is 0. The van der Waals surface area contributed by atoms with Crippen molar-refractivity contribution in [2.75, 3.05) is 0 Å². The average molecular weight is 312 g/mol. The van der Waals surface area contributed by atoms with Gasteiger partial charge < -0.3 is 4.57 Å². The molecule has 1 aromatic carbocycles. The van der Waals surface area contributed by atoms with Gasteiger partial charge in [-0.25, -0.2) is 4.98 Å². The van der Waals surface area contributed by atoms with Crippen LogP contribution in [0.3, 0.4) is 0 Å². The van der Waals surface area contributed by atoms with E-state index in [2.05, 4.69) is 9.97 Å². The van der Waals surface area contributed by atoms with Crippen LogP contribution in [0.2, 0.25) is 5.28 Å². The summed E-state index contributed by atoms with van der Waals surface area (Å²) < 4.78 is 39.6. The number of aromatic nitrogens is 3. The average Bonchev–Trinajstić information content (AvgIpc) is 2.79. The Morgan fingerprint density at radius 2 is 1.71 bits per heavy atom. The Balaban J connectivity index is 2.16. The van der Waals surface area contributed by atoms with Gasteiger partial charge in [-0.3, -0.25) is 0 Å². The molecule has 21 heavy (non-hydrogen) atoms. The van der Waals surface area contributed by atoms with Crippen molar-refractivity contribution in [2.45, 2.75) is 6.18 Å². The minimum absolute atomic E-state index is 0.0548. The van der Waals surface area contributed by atoms with E-state index in [0.717, 1.165) is 17.5 Å². The van der Waals surface area contributed by atoms with E-state index in [4.69, 9.17) is 11.6 Å². The Labute approximate surface area is 123 Å². The molecule has 0 saturated carbocycles. The summed E-state index contributed by atoms with van der Waals surface area (Å²) in [6.45, 7) is 0. The topological polar surface area (TPSA) is 30.7 Å². The van der Waals surface area contributed by atoms with E-state index < -0.39 is 11.7 Å². The van der Waals surface area contributed by atoms with Crippen molar-refractivity contribution in [2.24, 2.45) is 7.05 Å². The van der Waals surface area contributed by atoms with Crippen LogP contribution in [0.25, 0.3) is 22.3 Å². The molecule has 0 atom stereocenters. The molecular formula is C14H9ClF3N3. The van der Waals surface area contributed by atoms with Gasteiger partial charge in [0.15, 0.2) is 0 Å². The molecule has 0 spiro atoms. The molecule has 0 radical (unpaired) electrons. The second-order valence-electron chi connectivity index (χ2n) is 4.58. The van der Waals surface area contributed by atoms with E-state index >= 15 is 0 Å². The molecule has 0 N–H and O–H groups in total. The highest BCUT2D eigenvalue weighted by Crippen LogP contribution is 2.32. The number of halogens is 4. The lowest BCUT2D eigenvalue weighted by molar-refractivity contribution is -0.137. The summed E-state index contributed by atoms with van der Waals surface area (Å²) in [5.74, 6) is 0. The molecule has 0 aliphatic carbocycles. The van der Waals surface area contributed by atoms with Gasteiger partial charge in [-0.2, -0.15) is 18.2 Å². The third kappa shape index (κ3) is 2.47. The maximum Gasteiger partial charge on any atom is 0.416 e. The quantitative estimate of drug-likeness (QED) is 0.627. The molecule has 0 unspecified atom stereocenters. The predicted octanol–water partition coefficient (Wildman–Crippen LogP) is 4.31. The standard InChI is InChI=1S/C14H9ClF3N3/c1-21-7-6-10-11(19-13(15)20-12(10)21)8-2-4-9(5-3-8)14(16,17)18/h2-7H,1H3. The number of rotatable bonds is 1. The number of alkyl halides is 3. The smallest absolute Gasteiger partial charge is 0.335 e. The van der Waals surface area contributed by atoms with E-state index in [1.807, 2.05) is 7.05 Å². The van der Waals surface area contributed by atoms with Crippen molar-refractivity contribution in [1.82, 2.24) is 14.5 Å². The highest BCUT2D eigenvalue weighted by atomic mass is 35.5. The third-order valence-corrected chi connectivity index (χ3v) is 3.35. The summed E-state index contributed by atoms with van der Waals surface area (Å²) in [6, 6.07) is 6.63. The van der Waals surface area contributed by atoms with Crippen molar-refractivity contribution < 1.29 is 13.2 Å². The fourth-order valence-electron chi connectivity index (χ4n) is 2.15. The van der Waals surface area contributed by atoms with Gasteiger partial charge in [0.25, 0.3) is 0 Å². The molecule has 0 fully saturated rings. The normalized spacial score (nSPS) is 12.0. The van der Waals surface area contributed by atoms with Gasteiger partial charge in [0.1, 0.15) is 5.65 Å². The van der Waals surface area contributed by atoms with Crippen LogP contribution in [0.15, 0.2) is 36.5 Å². The van der Waals surface area contributed by atoms with Crippen molar-refractivity contribution in [3.63, 3.8) is 0 Å².